The number of hydrogen-bond acceptors (Lipinski definition) is 6. The van der Waals surface area contributed by atoms with Crippen molar-refractivity contribution < 1.29 is 22.7 Å². The first-order chi connectivity index (χ1) is 14.9. The van der Waals surface area contributed by atoms with E-state index in [1.54, 1.807) is 48.5 Å². The van der Waals surface area contributed by atoms with Gasteiger partial charge in [0.2, 0.25) is 0 Å². The van der Waals surface area contributed by atoms with E-state index in [0.29, 0.717) is 28.3 Å². The first kappa shape index (κ1) is 20.6. The quantitative estimate of drug-likeness (QED) is 0.581. The summed E-state index contributed by atoms with van der Waals surface area (Å²) < 4.78 is 30.8. The average molecular weight is 440 g/mol. The van der Waals surface area contributed by atoms with Gasteiger partial charge in [0.1, 0.15) is 11.6 Å². The maximum Gasteiger partial charge on any atom is 0.314 e. The minimum absolute atomic E-state index is 0.0979. The van der Waals surface area contributed by atoms with Crippen LogP contribution in [-0.4, -0.2) is 37.1 Å². The van der Waals surface area contributed by atoms with Crippen LogP contribution in [-0.2, 0) is 37.5 Å². The number of fused-ring (bicyclic) bond motifs is 1. The number of carbonyl (C=O) groups is 2. The number of nitrogens with one attached hydrogen (secondary N) is 2. The Hall–Kier alpha value is -3.66. The molecule has 0 atom stereocenters. The standard InChI is InChI=1S/C21H20N4O5S/c1-30-18-10-6-5-7-14(18)11-22-20(26)21(27)23-19-16-12-31(28,29)13-17(16)24-25(19)15-8-3-2-4-9-15/h2-10H,11-13H2,1H3,(H,22,26)(H,23,27). The van der Waals surface area contributed by atoms with Crippen LogP contribution >= 0.6 is 0 Å². The normalized spacial score (nSPS) is 14.0. The van der Waals surface area contributed by atoms with Gasteiger partial charge in [-0.1, -0.05) is 36.4 Å². The fourth-order valence-corrected chi connectivity index (χ4v) is 4.89. The van der Waals surface area contributed by atoms with Gasteiger partial charge in [0.15, 0.2) is 9.84 Å². The number of hydrogen-bond donors (Lipinski definition) is 2. The fourth-order valence-electron chi connectivity index (χ4n) is 3.40. The minimum Gasteiger partial charge on any atom is -0.496 e. The third-order valence-corrected chi connectivity index (χ3v) is 6.30. The molecular formula is C21H20N4O5S. The van der Waals surface area contributed by atoms with Crippen LogP contribution in [0.25, 0.3) is 5.69 Å². The molecule has 160 valence electrons. The summed E-state index contributed by atoms with van der Waals surface area (Å²) in [6.45, 7) is 0.0979. The highest BCUT2D eigenvalue weighted by Crippen LogP contribution is 2.32. The smallest absolute Gasteiger partial charge is 0.314 e. The van der Waals surface area contributed by atoms with Crippen molar-refractivity contribution >= 4 is 27.5 Å². The van der Waals surface area contributed by atoms with E-state index in [2.05, 4.69) is 15.7 Å². The van der Waals surface area contributed by atoms with E-state index >= 15 is 0 Å². The minimum atomic E-state index is -3.34. The van der Waals surface area contributed by atoms with Crippen molar-refractivity contribution in [2.24, 2.45) is 0 Å². The van der Waals surface area contributed by atoms with Gasteiger partial charge in [-0.3, -0.25) is 9.59 Å². The molecule has 2 aromatic carbocycles. The van der Waals surface area contributed by atoms with Crippen LogP contribution in [0.2, 0.25) is 0 Å². The second-order valence-corrected chi connectivity index (χ2v) is 9.07. The van der Waals surface area contributed by atoms with Crippen LogP contribution in [0.3, 0.4) is 0 Å². The molecule has 0 bridgehead atoms. The fraction of sp³-hybridized carbons (Fsp3) is 0.190. The van der Waals surface area contributed by atoms with E-state index in [9.17, 15) is 18.0 Å². The Morgan fingerprint density at radius 1 is 1.03 bits per heavy atom. The second kappa shape index (κ2) is 8.23. The summed E-state index contributed by atoms with van der Waals surface area (Å²) in [7, 11) is -1.81. The third kappa shape index (κ3) is 4.29. The van der Waals surface area contributed by atoms with Crippen molar-refractivity contribution in [3.05, 3.63) is 71.4 Å². The molecule has 4 rings (SSSR count). The average Bonchev–Trinajstić information content (AvgIpc) is 3.25. The number of amides is 2. The van der Waals surface area contributed by atoms with Gasteiger partial charge < -0.3 is 15.4 Å². The lowest BCUT2D eigenvalue weighted by molar-refractivity contribution is -0.136. The molecule has 9 nitrogen and oxygen atoms in total. The molecule has 0 saturated heterocycles. The number of rotatable bonds is 5. The number of carbonyl (C=O) groups excluding carboxylic acids is 2. The summed E-state index contributed by atoms with van der Waals surface area (Å²) in [4.78, 5) is 25.0. The summed E-state index contributed by atoms with van der Waals surface area (Å²) in [5, 5.41) is 9.46. The zero-order chi connectivity index (χ0) is 22.0. The highest BCUT2D eigenvalue weighted by Gasteiger charge is 2.33. The van der Waals surface area contributed by atoms with E-state index < -0.39 is 21.7 Å². The van der Waals surface area contributed by atoms with Gasteiger partial charge >= 0.3 is 11.8 Å². The largest absolute Gasteiger partial charge is 0.496 e. The molecule has 1 aliphatic rings. The first-order valence-corrected chi connectivity index (χ1v) is 11.3. The molecule has 0 radical (unpaired) electrons. The number of sulfone groups is 1. The zero-order valence-electron chi connectivity index (χ0n) is 16.7. The number of benzene rings is 2. The number of ether oxygens (including phenoxy) is 1. The molecule has 2 N–H and O–H groups in total. The van der Waals surface area contributed by atoms with E-state index in [0.717, 1.165) is 0 Å². The number of nitrogens with zero attached hydrogens (tertiary/aromatic N) is 2. The van der Waals surface area contributed by atoms with E-state index in [4.69, 9.17) is 4.74 Å². The van der Waals surface area contributed by atoms with Crippen LogP contribution in [0.5, 0.6) is 5.75 Å². The van der Waals surface area contributed by atoms with Crippen molar-refractivity contribution in [1.82, 2.24) is 15.1 Å². The predicted octanol–water partition coefficient (Wildman–Crippen LogP) is 1.56. The Labute approximate surface area is 178 Å². The van der Waals surface area contributed by atoms with E-state index in [1.807, 2.05) is 6.07 Å². The van der Waals surface area contributed by atoms with Crippen LogP contribution in [0.4, 0.5) is 5.82 Å². The van der Waals surface area contributed by atoms with Gasteiger partial charge in [-0.15, -0.1) is 0 Å². The second-order valence-electron chi connectivity index (χ2n) is 7.00. The summed E-state index contributed by atoms with van der Waals surface area (Å²) in [6.07, 6.45) is 0. The SMILES string of the molecule is COc1ccccc1CNC(=O)C(=O)Nc1c2c(nn1-c1ccccc1)CS(=O)(=O)C2. The summed E-state index contributed by atoms with van der Waals surface area (Å²) in [5.74, 6) is -1.45. The van der Waals surface area contributed by atoms with Gasteiger partial charge in [0.05, 0.1) is 30.0 Å². The van der Waals surface area contributed by atoms with Gasteiger partial charge in [0, 0.05) is 17.7 Å². The third-order valence-electron chi connectivity index (χ3n) is 4.86. The molecule has 0 fully saturated rings. The number of anilines is 1. The molecule has 0 unspecified atom stereocenters. The van der Waals surface area contributed by atoms with Gasteiger partial charge in [-0.25, -0.2) is 13.1 Å². The highest BCUT2D eigenvalue weighted by atomic mass is 32.2. The van der Waals surface area contributed by atoms with Gasteiger partial charge in [-0.05, 0) is 18.2 Å². The predicted molar refractivity (Wildman–Crippen MR) is 113 cm³/mol. The van der Waals surface area contributed by atoms with Crippen LogP contribution in [0.1, 0.15) is 16.8 Å². The summed E-state index contributed by atoms with van der Waals surface area (Å²) >= 11 is 0. The summed E-state index contributed by atoms with van der Waals surface area (Å²) in [6, 6.07) is 16.1. The van der Waals surface area contributed by atoms with Crippen molar-refractivity contribution in [3.8, 4) is 11.4 Å². The maximum absolute atomic E-state index is 12.6. The Bertz CT molecular complexity index is 1250. The molecule has 0 saturated carbocycles. The van der Waals surface area contributed by atoms with Gasteiger partial charge in [-0.2, -0.15) is 5.10 Å². The maximum atomic E-state index is 12.6. The molecule has 10 heteroatoms. The summed E-state index contributed by atoms with van der Waals surface area (Å²) in [5.41, 5.74) is 2.12. The van der Waals surface area contributed by atoms with Gasteiger partial charge in [0.25, 0.3) is 0 Å². The Morgan fingerprint density at radius 3 is 2.48 bits per heavy atom. The van der Waals surface area contributed by atoms with Crippen molar-refractivity contribution in [2.45, 2.75) is 18.1 Å². The van der Waals surface area contributed by atoms with Crippen molar-refractivity contribution in [1.29, 1.82) is 0 Å². The Balaban J connectivity index is 1.55. The topological polar surface area (TPSA) is 119 Å². The van der Waals surface area contributed by atoms with Crippen molar-refractivity contribution in [3.63, 3.8) is 0 Å². The zero-order valence-corrected chi connectivity index (χ0v) is 17.5. The van der Waals surface area contributed by atoms with Crippen LogP contribution < -0.4 is 15.4 Å². The molecular weight excluding hydrogens is 420 g/mol. The van der Waals surface area contributed by atoms with Crippen LogP contribution in [0.15, 0.2) is 54.6 Å². The highest BCUT2D eigenvalue weighted by molar-refractivity contribution is 7.90. The lowest BCUT2D eigenvalue weighted by atomic mass is 10.2. The molecule has 1 aliphatic heterocycles. The molecule has 2 amide bonds. The first-order valence-electron chi connectivity index (χ1n) is 9.45. The molecule has 0 spiro atoms. The number of aromatic nitrogens is 2. The van der Waals surface area contributed by atoms with E-state index in [1.165, 1.54) is 11.8 Å². The lowest BCUT2D eigenvalue weighted by Gasteiger charge is -2.12. The molecule has 1 aromatic heterocycles. The molecule has 31 heavy (non-hydrogen) atoms. The monoisotopic (exact) mass is 440 g/mol. The molecule has 3 aromatic rings. The molecule has 0 aliphatic carbocycles. The van der Waals surface area contributed by atoms with E-state index in [-0.39, 0.29) is 23.9 Å². The van der Waals surface area contributed by atoms with Crippen molar-refractivity contribution in [2.75, 3.05) is 12.4 Å². The lowest BCUT2D eigenvalue weighted by Crippen LogP contribution is -2.35. The number of methoxy groups -OCH3 is 1. The Kier molecular flexibility index (Phi) is 5.47. The van der Waals surface area contributed by atoms with Crippen LogP contribution in [0, 0.1) is 0 Å². The Morgan fingerprint density at radius 2 is 1.74 bits per heavy atom. The number of para-hydroxylation sites is 2. The molecule has 2 heterocycles.